The average Bonchev–Trinajstić information content (AvgIpc) is 2.44. The highest BCUT2D eigenvalue weighted by atomic mass is 32.2. The van der Waals surface area contributed by atoms with E-state index in [0.717, 1.165) is 26.1 Å². The first-order chi connectivity index (χ1) is 9.06. The van der Waals surface area contributed by atoms with E-state index < -0.39 is 4.75 Å². The van der Waals surface area contributed by atoms with E-state index in [4.69, 9.17) is 9.47 Å². The Balaban J connectivity index is 0. The topological polar surface area (TPSA) is 35.5 Å². The second-order valence-electron chi connectivity index (χ2n) is 4.16. The molecule has 0 N–H and O–H groups in total. The standard InChI is InChI=1S/C11H20O3S.2C2H6/c1-4-14-10(12)11(2,3)15-9-5-7-13-8-6-9;2*1-2/h9H,4-8H2,1-3H3;2*1-2H3. The Labute approximate surface area is 123 Å². The quantitative estimate of drug-likeness (QED) is 0.724. The highest BCUT2D eigenvalue weighted by Crippen LogP contribution is 2.34. The fourth-order valence-electron chi connectivity index (χ4n) is 1.56. The lowest BCUT2D eigenvalue weighted by molar-refractivity contribution is -0.145. The van der Waals surface area contributed by atoms with Crippen molar-refractivity contribution in [1.82, 2.24) is 0 Å². The van der Waals surface area contributed by atoms with Gasteiger partial charge in [-0.15, -0.1) is 11.8 Å². The van der Waals surface area contributed by atoms with Crippen molar-refractivity contribution in [3.63, 3.8) is 0 Å². The predicted octanol–water partition coefficient (Wildman–Crippen LogP) is 4.29. The summed E-state index contributed by atoms with van der Waals surface area (Å²) in [4.78, 5) is 11.7. The maximum absolute atomic E-state index is 11.7. The van der Waals surface area contributed by atoms with Crippen molar-refractivity contribution in [2.45, 2.75) is 71.3 Å². The van der Waals surface area contributed by atoms with Gasteiger partial charge in [0.05, 0.1) is 6.61 Å². The third-order valence-electron chi connectivity index (χ3n) is 2.40. The van der Waals surface area contributed by atoms with Crippen LogP contribution in [0.2, 0.25) is 0 Å². The molecule has 4 heteroatoms. The lowest BCUT2D eigenvalue weighted by Crippen LogP contribution is -2.34. The maximum atomic E-state index is 11.7. The van der Waals surface area contributed by atoms with Crippen LogP contribution in [0.25, 0.3) is 0 Å². The molecule has 19 heavy (non-hydrogen) atoms. The number of carbonyl (C=O) groups is 1. The molecular weight excluding hydrogens is 260 g/mol. The molecule has 0 spiro atoms. The molecule has 0 aromatic rings. The fourth-order valence-corrected chi connectivity index (χ4v) is 2.98. The van der Waals surface area contributed by atoms with Gasteiger partial charge in [-0.1, -0.05) is 27.7 Å². The van der Waals surface area contributed by atoms with Gasteiger partial charge in [-0.25, -0.2) is 0 Å². The molecule has 0 aliphatic carbocycles. The molecule has 3 nitrogen and oxygen atoms in total. The smallest absolute Gasteiger partial charge is 0.321 e. The van der Waals surface area contributed by atoms with Gasteiger partial charge in [0.25, 0.3) is 0 Å². The molecule has 1 fully saturated rings. The van der Waals surface area contributed by atoms with Gasteiger partial charge in [-0.05, 0) is 33.6 Å². The van der Waals surface area contributed by atoms with Crippen molar-refractivity contribution < 1.29 is 14.3 Å². The first kappa shape index (κ1) is 21.1. The Morgan fingerprint density at radius 3 is 2.11 bits per heavy atom. The van der Waals surface area contributed by atoms with Crippen LogP contribution in [0, 0.1) is 0 Å². The molecule has 1 heterocycles. The molecule has 1 saturated heterocycles. The van der Waals surface area contributed by atoms with Crippen molar-refractivity contribution >= 4 is 17.7 Å². The van der Waals surface area contributed by atoms with Crippen LogP contribution in [-0.4, -0.2) is 35.8 Å². The van der Waals surface area contributed by atoms with Crippen molar-refractivity contribution in [3.05, 3.63) is 0 Å². The molecule has 0 aromatic carbocycles. The number of thioether (sulfide) groups is 1. The largest absolute Gasteiger partial charge is 0.465 e. The molecule has 0 amide bonds. The summed E-state index contributed by atoms with van der Waals surface area (Å²) in [7, 11) is 0. The lowest BCUT2D eigenvalue weighted by Gasteiger charge is -2.29. The minimum atomic E-state index is -0.433. The maximum Gasteiger partial charge on any atom is 0.321 e. The zero-order valence-corrected chi connectivity index (χ0v) is 14.6. The van der Waals surface area contributed by atoms with Crippen LogP contribution in [0.1, 0.15) is 61.3 Å². The van der Waals surface area contributed by atoms with Crippen LogP contribution < -0.4 is 0 Å². The molecule has 0 radical (unpaired) electrons. The molecule has 0 aromatic heterocycles. The molecule has 0 atom stereocenters. The zero-order valence-electron chi connectivity index (χ0n) is 13.7. The Morgan fingerprint density at radius 2 is 1.68 bits per heavy atom. The lowest BCUT2D eigenvalue weighted by atomic mass is 10.2. The summed E-state index contributed by atoms with van der Waals surface area (Å²) in [5, 5.41) is 0.526. The minimum Gasteiger partial charge on any atom is -0.465 e. The molecular formula is C15H32O3S. The van der Waals surface area contributed by atoms with Gasteiger partial charge in [0.2, 0.25) is 0 Å². The monoisotopic (exact) mass is 292 g/mol. The van der Waals surface area contributed by atoms with E-state index in [0.29, 0.717) is 11.9 Å². The Morgan fingerprint density at radius 1 is 1.21 bits per heavy atom. The normalized spacial score (nSPS) is 15.5. The van der Waals surface area contributed by atoms with Gasteiger partial charge in [0.15, 0.2) is 0 Å². The highest BCUT2D eigenvalue weighted by Gasteiger charge is 2.33. The molecule has 1 aliphatic heterocycles. The summed E-state index contributed by atoms with van der Waals surface area (Å²) in [5.74, 6) is -0.110. The summed E-state index contributed by atoms with van der Waals surface area (Å²) in [5.41, 5.74) is 0. The number of carbonyl (C=O) groups excluding carboxylic acids is 1. The van der Waals surface area contributed by atoms with Crippen LogP contribution in [0.4, 0.5) is 0 Å². The van der Waals surface area contributed by atoms with Gasteiger partial charge in [0, 0.05) is 18.5 Å². The van der Waals surface area contributed by atoms with E-state index in [1.165, 1.54) is 0 Å². The van der Waals surface area contributed by atoms with E-state index in [2.05, 4.69) is 0 Å². The Bertz CT molecular complexity index is 211. The number of rotatable bonds is 4. The van der Waals surface area contributed by atoms with Crippen molar-refractivity contribution in [3.8, 4) is 0 Å². The third-order valence-corrected chi connectivity index (χ3v) is 3.96. The number of esters is 1. The zero-order chi connectivity index (χ0) is 15.3. The van der Waals surface area contributed by atoms with Crippen LogP contribution in [0.15, 0.2) is 0 Å². The number of hydrogen-bond donors (Lipinski definition) is 0. The molecule has 1 aliphatic rings. The van der Waals surface area contributed by atoms with E-state index in [1.54, 1.807) is 11.8 Å². The van der Waals surface area contributed by atoms with Crippen LogP contribution in [0.3, 0.4) is 0 Å². The SMILES string of the molecule is CC.CC.CCOC(=O)C(C)(C)SC1CCOCC1. The van der Waals surface area contributed by atoms with Gasteiger partial charge in [-0.2, -0.15) is 0 Å². The van der Waals surface area contributed by atoms with Crippen LogP contribution in [-0.2, 0) is 14.3 Å². The van der Waals surface area contributed by atoms with E-state index in [1.807, 2.05) is 48.5 Å². The first-order valence-electron chi connectivity index (χ1n) is 7.49. The fraction of sp³-hybridized carbons (Fsp3) is 0.933. The average molecular weight is 292 g/mol. The van der Waals surface area contributed by atoms with Gasteiger partial charge >= 0.3 is 5.97 Å². The Kier molecular flexibility index (Phi) is 14.2. The number of ether oxygens (including phenoxy) is 2. The summed E-state index contributed by atoms with van der Waals surface area (Å²) in [6.45, 7) is 15.8. The van der Waals surface area contributed by atoms with Gasteiger partial charge in [-0.3, -0.25) is 4.79 Å². The van der Waals surface area contributed by atoms with Crippen molar-refractivity contribution in [2.75, 3.05) is 19.8 Å². The molecule has 1 rings (SSSR count). The molecule has 0 unspecified atom stereocenters. The third kappa shape index (κ3) is 9.33. The Hall–Kier alpha value is -0.220. The predicted molar refractivity (Wildman–Crippen MR) is 84.8 cm³/mol. The summed E-state index contributed by atoms with van der Waals surface area (Å²) in [6, 6.07) is 0. The summed E-state index contributed by atoms with van der Waals surface area (Å²) < 4.78 is 9.92. The number of hydrogen-bond acceptors (Lipinski definition) is 4. The van der Waals surface area contributed by atoms with E-state index in [9.17, 15) is 4.79 Å². The van der Waals surface area contributed by atoms with Crippen molar-refractivity contribution in [1.29, 1.82) is 0 Å². The molecule has 0 bridgehead atoms. The highest BCUT2D eigenvalue weighted by molar-refractivity contribution is 8.01. The van der Waals surface area contributed by atoms with E-state index in [-0.39, 0.29) is 5.97 Å². The minimum absolute atomic E-state index is 0.110. The summed E-state index contributed by atoms with van der Waals surface area (Å²) in [6.07, 6.45) is 2.07. The summed E-state index contributed by atoms with van der Waals surface area (Å²) >= 11 is 1.72. The second-order valence-corrected chi connectivity index (χ2v) is 6.08. The molecule has 0 saturated carbocycles. The van der Waals surface area contributed by atoms with Crippen molar-refractivity contribution in [2.24, 2.45) is 0 Å². The second kappa shape index (κ2) is 12.8. The first-order valence-corrected chi connectivity index (χ1v) is 8.37. The van der Waals surface area contributed by atoms with E-state index >= 15 is 0 Å². The van der Waals surface area contributed by atoms with Gasteiger partial charge in [0.1, 0.15) is 4.75 Å². The van der Waals surface area contributed by atoms with Crippen LogP contribution >= 0.6 is 11.8 Å². The molecule has 116 valence electrons. The van der Waals surface area contributed by atoms with Crippen LogP contribution in [0.5, 0.6) is 0 Å². The van der Waals surface area contributed by atoms with Gasteiger partial charge < -0.3 is 9.47 Å².